The van der Waals surface area contributed by atoms with Crippen molar-refractivity contribution in [2.75, 3.05) is 13.2 Å². The molecule has 1 aliphatic rings. The van der Waals surface area contributed by atoms with Crippen LogP contribution in [0.25, 0.3) is 0 Å². The molecule has 0 saturated heterocycles. The molecule has 8 nitrogen and oxygen atoms in total. The Balaban J connectivity index is 1.65. The van der Waals surface area contributed by atoms with Gasteiger partial charge in [0, 0.05) is 0 Å². The van der Waals surface area contributed by atoms with Crippen LogP contribution >= 0.6 is 0 Å². The summed E-state index contributed by atoms with van der Waals surface area (Å²) in [5, 5.41) is 21.9. The highest BCUT2D eigenvalue weighted by atomic mass is 19.1. The van der Waals surface area contributed by atoms with E-state index in [0.717, 1.165) is 0 Å². The molecular formula is C22H24FNO7. The first kappa shape index (κ1) is 22.5. The van der Waals surface area contributed by atoms with Crippen LogP contribution in [0.3, 0.4) is 0 Å². The number of rotatable bonds is 9. The zero-order valence-electron chi connectivity index (χ0n) is 16.7. The van der Waals surface area contributed by atoms with Gasteiger partial charge in [0.05, 0.1) is 6.04 Å². The van der Waals surface area contributed by atoms with Gasteiger partial charge in [-0.25, -0.2) is 9.18 Å². The van der Waals surface area contributed by atoms with Gasteiger partial charge in [-0.1, -0.05) is 24.3 Å². The first-order valence-electron chi connectivity index (χ1n) is 9.89. The summed E-state index contributed by atoms with van der Waals surface area (Å²) in [5.74, 6) is -1.83. The molecule has 0 unspecified atom stereocenters. The second-order valence-corrected chi connectivity index (χ2v) is 7.12. The quantitative estimate of drug-likeness (QED) is 0.557. The molecule has 9 heteroatoms. The molecule has 0 heterocycles. The van der Waals surface area contributed by atoms with Gasteiger partial charge in [0.15, 0.2) is 11.6 Å². The zero-order chi connectivity index (χ0) is 22.2. The van der Waals surface area contributed by atoms with Crippen LogP contribution < -0.4 is 14.8 Å². The normalized spacial score (nSPS) is 20.6. The third kappa shape index (κ3) is 6.40. The van der Waals surface area contributed by atoms with E-state index in [1.807, 2.05) is 6.07 Å². The van der Waals surface area contributed by atoms with Gasteiger partial charge in [-0.15, -0.1) is 0 Å². The summed E-state index contributed by atoms with van der Waals surface area (Å²) >= 11 is 0. The van der Waals surface area contributed by atoms with Crippen LogP contribution in [0.4, 0.5) is 4.39 Å². The van der Waals surface area contributed by atoms with Crippen LogP contribution in [0, 0.1) is 5.82 Å². The predicted molar refractivity (Wildman–Crippen MR) is 108 cm³/mol. The number of carbonyl (C=O) groups excluding carboxylic acids is 1. The molecule has 1 fully saturated rings. The third-order valence-electron chi connectivity index (χ3n) is 4.77. The Bertz CT molecular complexity index is 893. The minimum absolute atomic E-state index is 0.0888. The number of aliphatic carboxylic acids is 1. The number of ether oxygens (including phenoxy) is 3. The summed E-state index contributed by atoms with van der Waals surface area (Å²) in [6.45, 7) is -1.02. The monoisotopic (exact) mass is 433 g/mol. The lowest BCUT2D eigenvalue weighted by Gasteiger charge is -2.35. The molecule has 0 radical (unpaired) electrons. The molecule has 3 atom stereocenters. The Labute approximate surface area is 178 Å². The zero-order valence-corrected chi connectivity index (χ0v) is 16.7. The number of benzene rings is 2. The van der Waals surface area contributed by atoms with E-state index in [-0.39, 0.29) is 11.5 Å². The summed E-state index contributed by atoms with van der Waals surface area (Å²) < 4.78 is 30.7. The number of para-hydroxylation sites is 2. The van der Waals surface area contributed by atoms with Crippen LogP contribution in [0.15, 0.2) is 48.5 Å². The van der Waals surface area contributed by atoms with Gasteiger partial charge < -0.3 is 29.7 Å². The number of hydrogen-bond donors (Lipinski definition) is 3. The van der Waals surface area contributed by atoms with Gasteiger partial charge >= 0.3 is 5.97 Å². The average Bonchev–Trinajstić information content (AvgIpc) is 2.74. The number of aliphatic hydroxyl groups is 1. The SMILES string of the molecule is O=C(O)COCC(=O)N[C@@H]1CCC[C@@H](Oc2cccc(F)c2Oc2ccccc2)[C@@H]1O. The lowest BCUT2D eigenvalue weighted by molar-refractivity contribution is -0.144. The maximum absolute atomic E-state index is 14.4. The van der Waals surface area contributed by atoms with Crippen LogP contribution in [0.5, 0.6) is 17.2 Å². The van der Waals surface area contributed by atoms with Crippen molar-refractivity contribution >= 4 is 11.9 Å². The molecule has 1 amide bonds. The standard InChI is InChI=1S/C22H24FNO7/c23-15-8-4-11-18(22(15)30-14-6-2-1-3-7-14)31-17-10-5-9-16(21(17)28)24-19(25)12-29-13-20(26)27/h1-4,6-8,11,16-17,21,28H,5,9-10,12-13H2,(H,24,25)(H,26,27)/t16-,17-,21-/m1/s1. The Morgan fingerprint density at radius 2 is 1.84 bits per heavy atom. The molecule has 0 bridgehead atoms. The summed E-state index contributed by atoms with van der Waals surface area (Å²) in [5.41, 5.74) is 0. The highest BCUT2D eigenvalue weighted by Gasteiger charge is 2.35. The molecule has 166 valence electrons. The molecule has 3 rings (SSSR count). The number of nitrogens with one attached hydrogen (secondary N) is 1. The topological polar surface area (TPSA) is 114 Å². The minimum Gasteiger partial charge on any atom is -0.484 e. The Kier molecular flexibility index (Phi) is 7.80. The van der Waals surface area contributed by atoms with Crippen molar-refractivity contribution in [2.45, 2.75) is 37.5 Å². The molecule has 2 aromatic rings. The fraction of sp³-hybridized carbons (Fsp3) is 0.364. The molecule has 1 saturated carbocycles. The molecule has 2 aromatic carbocycles. The molecule has 3 N–H and O–H groups in total. The van der Waals surface area contributed by atoms with Crippen molar-refractivity contribution in [3.8, 4) is 17.2 Å². The fourth-order valence-corrected chi connectivity index (χ4v) is 3.36. The molecule has 1 aliphatic carbocycles. The van der Waals surface area contributed by atoms with Crippen molar-refractivity contribution in [1.29, 1.82) is 0 Å². The largest absolute Gasteiger partial charge is 0.484 e. The van der Waals surface area contributed by atoms with E-state index in [2.05, 4.69) is 5.32 Å². The summed E-state index contributed by atoms with van der Waals surface area (Å²) in [6.07, 6.45) is -0.0664. The predicted octanol–water partition coefficient (Wildman–Crippen LogP) is 2.50. The van der Waals surface area contributed by atoms with Crippen molar-refractivity contribution in [2.24, 2.45) is 0 Å². The van der Waals surface area contributed by atoms with Gasteiger partial charge in [-0.3, -0.25) is 4.79 Å². The highest BCUT2D eigenvalue weighted by molar-refractivity contribution is 5.78. The van der Waals surface area contributed by atoms with Crippen molar-refractivity contribution < 1.29 is 38.4 Å². The van der Waals surface area contributed by atoms with E-state index in [1.54, 1.807) is 30.3 Å². The summed E-state index contributed by atoms with van der Waals surface area (Å²) in [4.78, 5) is 22.4. The number of carboxylic acid groups (broad SMARTS) is 1. The van der Waals surface area contributed by atoms with E-state index in [0.29, 0.717) is 25.0 Å². The van der Waals surface area contributed by atoms with Crippen LogP contribution in [0.1, 0.15) is 19.3 Å². The van der Waals surface area contributed by atoms with Crippen molar-refractivity contribution in [3.05, 3.63) is 54.3 Å². The smallest absolute Gasteiger partial charge is 0.329 e. The summed E-state index contributed by atoms with van der Waals surface area (Å²) in [6, 6.07) is 12.4. The van der Waals surface area contributed by atoms with Crippen LogP contribution in [-0.4, -0.2) is 53.6 Å². The van der Waals surface area contributed by atoms with E-state index in [4.69, 9.17) is 19.3 Å². The van der Waals surface area contributed by atoms with Gasteiger partial charge in [-0.05, 0) is 43.5 Å². The number of carbonyl (C=O) groups is 2. The number of aliphatic hydroxyl groups excluding tert-OH is 1. The van der Waals surface area contributed by atoms with E-state index in [9.17, 15) is 19.1 Å². The van der Waals surface area contributed by atoms with Crippen LogP contribution in [-0.2, 0) is 14.3 Å². The van der Waals surface area contributed by atoms with E-state index >= 15 is 0 Å². The molecule has 31 heavy (non-hydrogen) atoms. The molecule has 0 aromatic heterocycles. The number of halogens is 1. The van der Waals surface area contributed by atoms with Crippen molar-refractivity contribution in [1.82, 2.24) is 5.32 Å². The van der Waals surface area contributed by atoms with Gasteiger partial charge in [0.2, 0.25) is 11.7 Å². The highest BCUT2D eigenvalue weighted by Crippen LogP contribution is 2.36. The minimum atomic E-state index is -1.18. The van der Waals surface area contributed by atoms with Crippen molar-refractivity contribution in [3.63, 3.8) is 0 Å². The Hall–Kier alpha value is -3.17. The number of amides is 1. The molecule has 0 aliphatic heterocycles. The van der Waals surface area contributed by atoms with Gasteiger partial charge in [0.25, 0.3) is 0 Å². The Morgan fingerprint density at radius 3 is 2.58 bits per heavy atom. The number of carboxylic acids is 1. The maximum atomic E-state index is 14.4. The second-order valence-electron chi connectivity index (χ2n) is 7.12. The molecule has 0 spiro atoms. The first-order chi connectivity index (χ1) is 14.9. The fourth-order valence-electron chi connectivity index (χ4n) is 3.36. The summed E-state index contributed by atoms with van der Waals surface area (Å²) in [7, 11) is 0. The van der Waals surface area contributed by atoms with Gasteiger partial charge in [0.1, 0.15) is 31.2 Å². The second kappa shape index (κ2) is 10.7. The lowest BCUT2D eigenvalue weighted by Crippen LogP contribution is -2.53. The third-order valence-corrected chi connectivity index (χ3v) is 4.77. The van der Waals surface area contributed by atoms with E-state index < -0.39 is 49.2 Å². The first-order valence-corrected chi connectivity index (χ1v) is 9.89. The number of hydrogen-bond acceptors (Lipinski definition) is 6. The molecular weight excluding hydrogens is 409 g/mol. The Morgan fingerprint density at radius 1 is 1.06 bits per heavy atom. The van der Waals surface area contributed by atoms with E-state index in [1.165, 1.54) is 12.1 Å². The maximum Gasteiger partial charge on any atom is 0.329 e. The van der Waals surface area contributed by atoms with Crippen LogP contribution in [0.2, 0.25) is 0 Å². The average molecular weight is 433 g/mol. The van der Waals surface area contributed by atoms with Gasteiger partial charge in [-0.2, -0.15) is 0 Å². The lowest BCUT2D eigenvalue weighted by atomic mass is 9.89.